The first-order valence-electron chi connectivity index (χ1n) is 10.2. The van der Waals surface area contributed by atoms with Gasteiger partial charge in [0.1, 0.15) is 16.4 Å². The minimum Gasteiger partial charge on any atom is -0.353 e. The molecule has 1 fully saturated rings. The van der Waals surface area contributed by atoms with Crippen LogP contribution in [0.1, 0.15) is 50.7 Å². The monoisotopic (exact) mass is 403 g/mol. The molecular formula is C21H29N3O3S. The molecule has 3 aliphatic rings. The van der Waals surface area contributed by atoms with Gasteiger partial charge in [-0.25, -0.2) is 8.42 Å². The van der Waals surface area contributed by atoms with Crippen LogP contribution in [0.15, 0.2) is 28.8 Å². The van der Waals surface area contributed by atoms with Gasteiger partial charge >= 0.3 is 0 Å². The molecule has 6 nitrogen and oxygen atoms in total. The molecule has 1 aliphatic heterocycles. The number of nitrogens with one attached hydrogen (secondary N) is 1. The van der Waals surface area contributed by atoms with Crippen LogP contribution in [0.4, 0.5) is 5.69 Å². The van der Waals surface area contributed by atoms with Gasteiger partial charge in [0.25, 0.3) is 0 Å². The SMILES string of the molecule is C=CCN(CC(C)C)S(=O)(=O)c1c2c(cc3c1NC(C1CC1)=NO3)CCCC2. The van der Waals surface area contributed by atoms with Crippen LogP contribution in [0.3, 0.4) is 0 Å². The molecule has 1 aromatic rings. The fourth-order valence-corrected chi connectivity index (χ4v) is 6.06. The van der Waals surface area contributed by atoms with E-state index in [-0.39, 0.29) is 5.92 Å². The Morgan fingerprint density at radius 3 is 2.79 bits per heavy atom. The molecule has 0 radical (unpaired) electrons. The number of hydrogen-bond donors (Lipinski definition) is 1. The second-order valence-corrected chi connectivity index (χ2v) is 10.3. The van der Waals surface area contributed by atoms with E-state index in [0.717, 1.165) is 55.5 Å². The Kier molecular flexibility index (Phi) is 5.22. The number of sulfonamides is 1. The summed E-state index contributed by atoms with van der Waals surface area (Å²) in [6.45, 7) is 8.58. The van der Waals surface area contributed by atoms with E-state index < -0.39 is 10.0 Å². The summed E-state index contributed by atoms with van der Waals surface area (Å²) in [6, 6.07) is 1.98. The highest BCUT2D eigenvalue weighted by atomic mass is 32.2. The average molecular weight is 404 g/mol. The van der Waals surface area contributed by atoms with Gasteiger partial charge in [0.2, 0.25) is 10.0 Å². The first-order chi connectivity index (χ1) is 13.4. The predicted octanol–water partition coefficient (Wildman–Crippen LogP) is 3.93. The summed E-state index contributed by atoms with van der Waals surface area (Å²) < 4.78 is 29.2. The number of rotatable bonds is 7. The van der Waals surface area contributed by atoms with Gasteiger partial charge in [-0.3, -0.25) is 0 Å². The van der Waals surface area contributed by atoms with E-state index >= 15 is 0 Å². The van der Waals surface area contributed by atoms with Gasteiger partial charge in [-0.2, -0.15) is 4.31 Å². The first kappa shape index (κ1) is 19.5. The fraction of sp³-hybridized carbons (Fsp3) is 0.571. The van der Waals surface area contributed by atoms with Gasteiger partial charge in [0.05, 0.1) is 0 Å². The highest BCUT2D eigenvalue weighted by Crippen LogP contribution is 2.44. The molecule has 0 unspecified atom stereocenters. The second-order valence-electron chi connectivity index (χ2n) is 8.40. The molecule has 152 valence electrons. The summed E-state index contributed by atoms with van der Waals surface area (Å²) in [4.78, 5) is 6.07. The highest BCUT2D eigenvalue weighted by Gasteiger charge is 2.38. The molecule has 0 aromatic heterocycles. The topological polar surface area (TPSA) is 71.0 Å². The third kappa shape index (κ3) is 3.57. The van der Waals surface area contributed by atoms with Gasteiger partial charge in [0.15, 0.2) is 5.75 Å². The minimum atomic E-state index is -3.71. The number of aryl methyl sites for hydroxylation is 1. The second kappa shape index (κ2) is 7.52. The van der Waals surface area contributed by atoms with E-state index in [1.807, 2.05) is 19.9 Å². The van der Waals surface area contributed by atoms with E-state index in [1.54, 1.807) is 10.4 Å². The van der Waals surface area contributed by atoms with Crippen molar-refractivity contribution in [3.05, 3.63) is 29.8 Å². The van der Waals surface area contributed by atoms with Crippen molar-refractivity contribution in [3.63, 3.8) is 0 Å². The number of fused-ring (bicyclic) bond motifs is 2. The van der Waals surface area contributed by atoms with Crippen LogP contribution >= 0.6 is 0 Å². The number of anilines is 1. The van der Waals surface area contributed by atoms with Gasteiger partial charge in [0, 0.05) is 19.0 Å². The molecule has 0 amide bonds. The van der Waals surface area contributed by atoms with Crippen molar-refractivity contribution < 1.29 is 13.3 Å². The Morgan fingerprint density at radius 1 is 1.36 bits per heavy atom. The van der Waals surface area contributed by atoms with Crippen LogP contribution in [0.5, 0.6) is 5.75 Å². The summed E-state index contributed by atoms with van der Waals surface area (Å²) in [6.07, 6.45) is 7.50. The number of hydrogen-bond acceptors (Lipinski definition) is 5. The molecule has 1 aromatic carbocycles. The summed E-state index contributed by atoms with van der Waals surface area (Å²) in [5.74, 6) is 1.84. The van der Waals surface area contributed by atoms with Gasteiger partial charge in [-0.05, 0) is 61.6 Å². The Balaban J connectivity index is 1.86. The van der Waals surface area contributed by atoms with Crippen molar-refractivity contribution in [2.24, 2.45) is 17.0 Å². The maximum Gasteiger partial charge on any atom is 0.245 e. The largest absolute Gasteiger partial charge is 0.353 e. The fourth-order valence-electron chi connectivity index (χ4n) is 4.05. The molecule has 4 rings (SSSR count). The van der Waals surface area contributed by atoms with Crippen LogP contribution < -0.4 is 10.2 Å². The smallest absolute Gasteiger partial charge is 0.245 e. The molecule has 7 heteroatoms. The Labute approximate surface area is 167 Å². The summed E-state index contributed by atoms with van der Waals surface area (Å²) >= 11 is 0. The van der Waals surface area contributed by atoms with Gasteiger partial charge < -0.3 is 10.2 Å². The number of benzene rings is 1. The number of oxime groups is 1. The zero-order valence-corrected chi connectivity index (χ0v) is 17.5. The standard InChI is InChI=1S/C21H29N3O3S/c1-4-11-24(13-14(2)3)28(25,26)20-17-8-6-5-7-16(17)12-18-19(20)22-21(23-27-18)15-9-10-15/h4,12,14-15H,1,5-11,13H2,2-3H3,(H,22,23). The van der Waals surface area contributed by atoms with E-state index in [1.165, 1.54) is 0 Å². The van der Waals surface area contributed by atoms with E-state index in [9.17, 15) is 8.42 Å². The van der Waals surface area contributed by atoms with Gasteiger partial charge in [-0.15, -0.1) is 6.58 Å². The molecule has 1 N–H and O–H groups in total. The van der Waals surface area contributed by atoms with Crippen LogP contribution in [-0.4, -0.2) is 31.6 Å². The maximum atomic E-state index is 13.8. The zero-order chi connectivity index (χ0) is 19.9. The molecule has 0 bridgehead atoms. The molecule has 1 saturated carbocycles. The third-order valence-corrected chi connectivity index (χ3v) is 7.47. The van der Waals surface area contributed by atoms with Crippen LogP contribution in [0, 0.1) is 11.8 Å². The summed E-state index contributed by atoms with van der Waals surface area (Å²) in [7, 11) is -3.71. The van der Waals surface area contributed by atoms with Gasteiger partial charge in [-0.1, -0.05) is 25.1 Å². The number of nitrogens with zero attached hydrogens (tertiary/aromatic N) is 2. The first-order valence-corrected chi connectivity index (χ1v) is 11.7. The van der Waals surface area contributed by atoms with Crippen LogP contribution in [0.25, 0.3) is 0 Å². The van der Waals surface area contributed by atoms with Crippen LogP contribution in [0.2, 0.25) is 0 Å². The van der Waals surface area contributed by atoms with E-state index in [0.29, 0.717) is 35.3 Å². The lowest BCUT2D eigenvalue weighted by atomic mass is 9.90. The molecular weight excluding hydrogens is 374 g/mol. The van der Waals surface area contributed by atoms with Crippen molar-refractivity contribution in [2.45, 2.75) is 57.3 Å². The maximum absolute atomic E-state index is 13.8. The molecule has 1 heterocycles. The quantitative estimate of drug-likeness (QED) is 0.701. The summed E-state index contributed by atoms with van der Waals surface area (Å²) in [5, 5.41) is 7.54. The lowest BCUT2D eigenvalue weighted by Crippen LogP contribution is -2.36. The lowest BCUT2D eigenvalue weighted by molar-refractivity contribution is 0.334. The average Bonchev–Trinajstić information content (AvgIpc) is 3.50. The van der Waals surface area contributed by atoms with Crippen LogP contribution in [-0.2, 0) is 22.9 Å². The Bertz CT molecular complexity index is 917. The zero-order valence-electron chi connectivity index (χ0n) is 16.7. The highest BCUT2D eigenvalue weighted by molar-refractivity contribution is 7.89. The molecule has 28 heavy (non-hydrogen) atoms. The van der Waals surface area contributed by atoms with Crippen molar-refractivity contribution in [1.29, 1.82) is 0 Å². The molecule has 2 aliphatic carbocycles. The Hall–Kier alpha value is -1.86. The molecule has 0 atom stereocenters. The van der Waals surface area contributed by atoms with E-state index in [2.05, 4.69) is 17.1 Å². The normalized spacial score (nSPS) is 18.8. The minimum absolute atomic E-state index is 0.220. The Morgan fingerprint density at radius 2 is 2.11 bits per heavy atom. The predicted molar refractivity (Wildman–Crippen MR) is 111 cm³/mol. The van der Waals surface area contributed by atoms with Crippen molar-refractivity contribution in [3.8, 4) is 5.75 Å². The molecule has 0 saturated heterocycles. The third-order valence-electron chi connectivity index (χ3n) is 5.52. The van der Waals surface area contributed by atoms with Crippen molar-refractivity contribution in [1.82, 2.24) is 4.31 Å². The van der Waals surface area contributed by atoms with Crippen molar-refractivity contribution >= 4 is 21.5 Å². The van der Waals surface area contributed by atoms with E-state index in [4.69, 9.17) is 4.84 Å². The lowest BCUT2D eigenvalue weighted by Gasteiger charge is -2.30. The summed E-state index contributed by atoms with van der Waals surface area (Å²) in [5.41, 5.74) is 2.57. The molecule has 0 spiro atoms. The van der Waals surface area contributed by atoms with Crippen molar-refractivity contribution in [2.75, 3.05) is 18.4 Å². The number of amidine groups is 1.